The van der Waals surface area contributed by atoms with E-state index in [0.29, 0.717) is 0 Å². The molecule has 1 aromatic carbocycles. The predicted molar refractivity (Wildman–Crippen MR) is 93.3 cm³/mol. The van der Waals surface area contributed by atoms with Gasteiger partial charge >= 0.3 is 0 Å². The van der Waals surface area contributed by atoms with E-state index in [0.717, 1.165) is 39.0 Å². The molecule has 0 saturated carbocycles. The number of hydrogen-bond donors (Lipinski definition) is 1. The second-order valence-electron chi connectivity index (χ2n) is 5.30. The highest BCUT2D eigenvalue weighted by Crippen LogP contribution is 2.32. The molecule has 0 atom stereocenters. The maximum absolute atomic E-state index is 12.1. The van der Waals surface area contributed by atoms with Crippen molar-refractivity contribution >= 4 is 49.6 Å². The number of carbonyl (C=O) groups is 1. The van der Waals surface area contributed by atoms with Gasteiger partial charge in [-0.2, -0.15) is 0 Å². The number of hydrogen-bond acceptors (Lipinski definition) is 5. The number of nitrogens with zero attached hydrogens (tertiary/aromatic N) is 2. The second-order valence-corrected chi connectivity index (χ2v) is 7.26. The van der Waals surface area contributed by atoms with Crippen LogP contribution < -0.4 is 10.2 Å². The van der Waals surface area contributed by atoms with Gasteiger partial charge in [0.15, 0.2) is 5.13 Å². The van der Waals surface area contributed by atoms with Gasteiger partial charge in [0.2, 0.25) is 0 Å². The first-order valence-electron chi connectivity index (χ1n) is 7.30. The topological polar surface area (TPSA) is 45.2 Å². The Labute approximate surface area is 136 Å². The zero-order valence-electron chi connectivity index (χ0n) is 11.9. The van der Waals surface area contributed by atoms with E-state index in [2.05, 4.69) is 10.2 Å². The molecule has 0 radical (unpaired) electrons. The summed E-state index contributed by atoms with van der Waals surface area (Å²) in [5, 5.41) is 5.95. The van der Waals surface area contributed by atoms with E-state index >= 15 is 0 Å². The third-order valence-electron chi connectivity index (χ3n) is 3.76. The summed E-state index contributed by atoms with van der Waals surface area (Å²) in [7, 11) is 0. The Morgan fingerprint density at radius 3 is 2.86 bits per heavy atom. The lowest BCUT2D eigenvalue weighted by Gasteiger charge is -2.11. The van der Waals surface area contributed by atoms with Crippen LogP contribution in [0.2, 0.25) is 0 Å². The summed E-state index contributed by atoms with van der Waals surface area (Å²) < 4.78 is 1.12. The molecule has 1 aliphatic rings. The summed E-state index contributed by atoms with van der Waals surface area (Å²) in [5.74, 6) is -0.0568. The molecule has 4 nitrogen and oxygen atoms in total. The zero-order valence-corrected chi connectivity index (χ0v) is 13.5. The Morgan fingerprint density at radius 1 is 1.23 bits per heavy atom. The van der Waals surface area contributed by atoms with Gasteiger partial charge in [-0.15, -0.1) is 11.3 Å². The lowest BCUT2D eigenvalue weighted by molar-refractivity contribution is 0.103. The molecule has 1 aliphatic heterocycles. The van der Waals surface area contributed by atoms with Crippen molar-refractivity contribution in [3.63, 3.8) is 0 Å². The first-order valence-corrected chi connectivity index (χ1v) is 8.99. The summed E-state index contributed by atoms with van der Waals surface area (Å²) in [4.78, 5) is 19.9. The first kappa shape index (κ1) is 13.7. The fraction of sp³-hybridized carbons (Fsp3) is 0.250. The molecule has 3 heterocycles. The fourth-order valence-corrected chi connectivity index (χ4v) is 4.31. The van der Waals surface area contributed by atoms with Crippen LogP contribution >= 0.6 is 22.7 Å². The number of nitrogens with one attached hydrogen (secondary N) is 1. The highest BCUT2D eigenvalue weighted by atomic mass is 32.1. The Hall–Kier alpha value is -1.92. The van der Waals surface area contributed by atoms with Crippen LogP contribution in [-0.2, 0) is 0 Å². The van der Waals surface area contributed by atoms with Crippen molar-refractivity contribution in [1.82, 2.24) is 4.98 Å². The van der Waals surface area contributed by atoms with Crippen LogP contribution in [0.4, 0.5) is 10.8 Å². The zero-order chi connectivity index (χ0) is 14.9. The SMILES string of the molecule is O=C(Nc1ccc2nc(N3CCCC3)sc2c1)c1cccs1. The van der Waals surface area contributed by atoms with E-state index in [-0.39, 0.29) is 5.91 Å². The minimum Gasteiger partial charge on any atom is -0.348 e. The molecular formula is C16H15N3OS2. The number of benzene rings is 1. The van der Waals surface area contributed by atoms with E-state index in [4.69, 9.17) is 4.98 Å². The van der Waals surface area contributed by atoms with Crippen LogP contribution in [-0.4, -0.2) is 24.0 Å². The Balaban J connectivity index is 1.58. The lowest BCUT2D eigenvalue weighted by atomic mass is 10.3. The number of carbonyl (C=O) groups excluding carboxylic acids is 1. The third-order valence-corrected chi connectivity index (χ3v) is 5.70. The van der Waals surface area contributed by atoms with Gasteiger partial charge in [-0.05, 0) is 42.5 Å². The standard InChI is InChI=1S/C16H15N3OS2/c20-15(13-4-3-9-21-13)17-11-5-6-12-14(10-11)22-16(18-12)19-7-1-2-8-19/h3-6,9-10H,1-2,7-8H2,(H,17,20). The van der Waals surface area contributed by atoms with E-state index in [9.17, 15) is 4.79 Å². The average molecular weight is 329 g/mol. The molecule has 2 aromatic heterocycles. The highest BCUT2D eigenvalue weighted by molar-refractivity contribution is 7.22. The van der Waals surface area contributed by atoms with E-state index in [1.54, 1.807) is 11.3 Å². The molecular weight excluding hydrogens is 314 g/mol. The van der Waals surface area contributed by atoms with E-state index < -0.39 is 0 Å². The van der Waals surface area contributed by atoms with Gasteiger partial charge in [0.25, 0.3) is 5.91 Å². The largest absolute Gasteiger partial charge is 0.348 e. The fourth-order valence-electron chi connectivity index (χ4n) is 2.63. The number of amides is 1. The lowest BCUT2D eigenvalue weighted by Crippen LogP contribution is -2.16. The van der Waals surface area contributed by atoms with Crippen LogP contribution in [0.15, 0.2) is 35.7 Å². The van der Waals surface area contributed by atoms with Crippen molar-refractivity contribution in [1.29, 1.82) is 0 Å². The summed E-state index contributed by atoms with van der Waals surface area (Å²) in [6.45, 7) is 2.20. The molecule has 3 aromatic rings. The van der Waals surface area contributed by atoms with E-state index in [1.807, 2.05) is 35.7 Å². The third kappa shape index (κ3) is 2.60. The number of thiophene rings is 1. The van der Waals surface area contributed by atoms with Crippen LogP contribution in [0, 0.1) is 0 Å². The van der Waals surface area contributed by atoms with Gasteiger partial charge in [-0.25, -0.2) is 4.98 Å². The van der Waals surface area contributed by atoms with Crippen molar-refractivity contribution in [2.24, 2.45) is 0 Å². The summed E-state index contributed by atoms with van der Waals surface area (Å²) >= 11 is 3.15. The molecule has 1 fully saturated rings. The Kier molecular flexibility index (Phi) is 3.56. The van der Waals surface area contributed by atoms with Crippen LogP contribution in [0.25, 0.3) is 10.2 Å². The number of thiazole rings is 1. The van der Waals surface area contributed by atoms with Crippen molar-refractivity contribution in [3.8, 4) is 0 Å². The molecule has 112 valence electrons. The summed E-state index contributed by atoms with van der Waals surface area (Å²) in [6.07, 6.45) is 2.50. The first-order chi connectivity index (χ1) is 10.8. The monoisotopic (exact) mass is 329 g/mol. The molecule has 22 heavy (non-hydrogen) atoms. The minimum absolute atomic E-state index is 0.0568. The molecule has 0 bridgehead atoms. The smallest absolute Gasteiger partial charge is 0.265 e. The van der Waals surface area contributed by atoms with Crippen molar-refractivity contribution < 1.29 is 4.79 Å². The van der Waals surface area contributed by atoms with Gasteiger partial charge in [-0.3, -0.25) is 4.79 Å². The van der Waals surface area contributed by atoms with Crippen molar-refractivity contribution in [2.75, 3.05) is 23.3 Å². The van der Waals surface area contributed by atoms with E-state index in [1.165, 1.54) is 24.2 Å². The number of aromatic nitrogens is 1. The van der Waals surface area contributed by atoms with Gasteiger partial charge in [0.1, 0.15) is 0 Å². The van der Waals surface area contributed by atoms with Gasteiger partial charge in [-0.1, -0.05) is 17.4 Å². The molecule has 0 aliphatic carbocycles. The molecule has 6 heteroatoms. The van der Waals surface area contributed by atoms with Crippen molar-refractivity contribution in [2.45, 2.75) is 12.8 Å². The molecule has 1 amide bonds. The quantitative estimate of drug-likeness (QED) is 0.783. The number of fused-ring (bicyclic) bond motifs is 1. The average Bonchev–Trinajstić information content (AvgIpc) is 3.26. The normalized spacial score (nSPS) is 14.6. The molecule has 1 N–H and O–H groups in total. The van der Waals surface area contributed by atoms with Gasteiger partial charge in [0, 0.05) is 18.8 Å². The maximum atomic E-state index is 12.1. The van der Waals surface area contributed by atoms with Crippen LogP contribution in [0.1, 0.15) is 22.5 Å². The molecule has 0 spiro atoms. The highest BCUT2D eigenvalue weighted by Gasteiger charge is 2.16. The second kappa shape index (κ2) is 5.70. The van der Waals surface area contributed by atoms with Crippen LogP contribution in [0.3, 0.4) is 0 Å². The molecule has 4 rings (SSSR count). The van der Waals surface area contributed by atoms with Gasteiger partial charge in [0.05, 0.1) is 15.1 Å². The minimum atomic E-state index is -0.0568. The van der Waals surface area contributed by atoms with Crippen LogP contribution in [0.5, 0.6) is 0 Å². The Morgan fingerprint density at radius 2 is 2.09 bits per heavy atom. The molecule has 1 saturated heterocycles. The number of rotatable bonds is 3. The molecule has 0 unspecified atom stereocenters. The van der Waals surface area contributed by atoms with Crippen molar-refractivity contribution in [3.05, 3.63) is 40.6 Å². The summed E-state index contributed by atoms with van der Waals surface area (Å²) in [5.41, 5.74) is 1.82. The Bertz CT molecular complexity index is 804. The van der Waals surface area contributed by atoms with Gasteiger partial charge < -0.3 is 10.2 Å². The number of anilines is 2. The maximum Gasteiger partial charge on any atom is 0.265 e. The summed E-state index contributed by atoms with van der Waals surface area (Å²) in [6, 6.07) is 9.62. The predicted octanol–water partition coefficient (Wildman–Crippen LogP) is 4.21.